The van der Waals surface area contributed by atoms with Gasteiger partial charge in [-0.1, -0.05) is 60.5 Å². The maximum absolute atomic E-state index is 13.2. The minimum atomic E-state index is 0. The van der Waals surface area contributed by atoms with Crippen LogP contribution in [0.1, 0.15) is 19.4 Å². The van der Waals surface area contributed by atoms with Crippen molar-refractivity contribution in [3.8, 4) is 0 Å². The van der Waals surface area contributed by atoms with Crippen molar-refractivity contribution in [1.29, 1.82) is 0 Å². The van der Waals surface area contributed by atoms with E-state index in [1.54, 1.807) is 11.8 Å². The molecule has 0 radical (unpaired) electrons. The zero-order valence-corrected chi connectivity index (χ0v) is 20.6. The summed E-state index contributed by atoms with van der Waals surface area (Å²) in [6.07, 6.45) is 0. The molecule has 162 valence electrons. The summed E-state index contributed by atoms with van der Waals surface area (Å²) in [5, 5.41) is 1.34. The molecule has 0 N–H and O–H groups in total. The molecule has 8 heteroatoms. The summed E-state index contributed by atoms with van der Waals surface area (Å²) < 4.78 is 0.999. The minimum absolute atomic E-state index is 0. The average Bonchev–Trinajstić information content (AvgIpc) is 3.16. The number of carbonyl (C=O) groups excluding carboxylic acids is 1. The molecule has 0 fully saturated rings. The topological polar surface area (TPSA) is 36.4 Å². The Kier molecular flexibility index (Phi) is 9.91. The zero-order chi connectivity index (χ0) is 20.8. The van der Waals surface area contributed by atoms with Crippen LogP contribution in [0, 0.1) is 6.92 Å². The number of benzene rings is 2. The maximum Gasteiger partial charge on any atom is 0.239 e. The molecule has 0 saturated heterocycles. The van der Waals surface area contributed by atoms with Crippen LogP contribution in [0.5, 0.6) is 0 Å². The van der Waals surface area contributed by atoms with Crippen LogP contribution in [0.3, 0.4) is 0 Å². The Bertz CT molecular complexity index is 959. The van der Waals surface area contributed by atoms with Crippen LogP contribution in [0.4, 0.5) is 5.13 Å². The number of hydrogen-bond donors (Lipinski definition) is 0. The molecule has 0 unspecified atom stereocenters. The highest BCUT2D eigenvalue weighted by Gasteiger charge is 2.21. The van der Waals surface area contributed by atoms with Crippen molar-refractivity contribution in [1.82, 2.24) is 9.88 Å². The molecule has 0 atom stereocenters. The van der Waals surface area contributed by atoms with Crippen molar-refractivity contribution in [2.75, 3.05) is 36.8 Å². The van der Waals surface area contributed by atoms with Crippen LogP contribution < -0.4 is 4.90 Å². The molecule has 0 aliphatic carbocycles. The Hall–Kier alpha value is -1.31. The molecule has 3 aromatic rings. The molecule has 0 aliphatic rings. The number of amides is 1. The molecule has 2 aromatic carbocycles. The molecule has 4 nitrogen and oxygen atoms in total. The number of carbonyl (C=O) groups is 1. The molecule has 1 aromatic heterocycles. The Morgan fingerprint density at radius 2 is 1.80 bits per heavy atom. The smallest absolute Gasteiger partial charge is 0.239 e. The monoisotopic (exact) mass is 483 g/mol. The lowest BCUT2D eigenvalue weighted by Crippen LogP contribution is -2.39. The highest BCUT2D eigenvalue weighted by atomic mass is 35.5. The van der Waals surface area contributed by atoms with Gasteiger partial charge in [-0.2, -0.15) is 0 Å². The second-order valence-corrected chi connectivity index (χ2v) is 9.22. The van der Waals surface area contributed by atoms with Gasteiger partial charge in [-0.05, 0) is 44.3 Å². The molecule has 0 saturated carbocycles. The van der Waals surface area contributed by atoms with Crippen molar-refractivity contribution < 1.29 is 4.79 Å². The molecule has 30 heavy (non-hydrogen) atoms. The first-order chi connectivity index (χ1) is 14.0. The Morgan fingerprint density at radius 1 is 1.10 bits per heavy atom. The van der Waals surface area contributed by atoms with Gasteiger partial charge in [-0.25, -0.2) is 4.98 Å². The minimum Gasteiger partial charge on any atom is -0.302 e. The first kappa shape index (κ1) is 25.0. The third-order valence-corrected chi connectivity index (χ3v) is 7.15. The largest absolute Gasteiger partial charge is 0.302 e. The number of para-hydroxylation sites is 1. The van der Waals surface area contributed by atoms with Gasteiger partial charge in [0.2, 0.25) is 5.91 Å². The first-order valence-electron chi connectivity index (χ1n) is 9.79. The van der Waals surface area contributed by atoms with Crippen molar-refractivity contribution in [2.45, 2.75) is 25.7 Å². The van der Waals surface area contributed by atoms with E-state index in [0.717, 1.165) is 39.9 Å². The normalized spacial score (nSPS) is 11.0. The van der Waals surface area contributed by atoms with Gasteiger partial charge >= 0.3 is 0 Å². The summed E-state index contributed by atoms with van der Waals surface area (Å²) in [6, 6.07) is 14.0. The molecule has 1 amide bonds. The van der Waals surface area contributed by atoms with Gasteiger partial charge in [0.1, 0.15) is 5.52 Å². The molecule has 1 heterocycles. The molecular weight excluding hydrogens is 457 g/mol. The zero-order valence-electron chi connectivity index (χ0n) is 17.4. The van der Waals surface area contributed by atoms with Crippen molar-refractivity contribution in [2.24, 2.45) is 0 Å². The Morgan fingerprint density at radius 3 is 2.43 bits per heavy atom. The summed E-state index contributed by atoms with van der Waals surface area (Å²) in [6.45, 7) is 9.70. The third kappa shape index (κ3) is 6.34. The standard InChI is InChI=1S/C22H26ClN3OS2.ClH/c1-4-25(5-2)13-14-26(20(27)15-28-17-11-9-16(3)10-12-17)22-24-21-18(23)7-6-8-19(21)29-22;/h6-12H,4-5,13-15H2,1-3H3;1H. The third-order valence-electron chi connectivity index (χ3n) is 4.81. The number of thioether (sulfide) groups is 1. The van der Waals surface area contributed by atoms with Crippen molar-refractivity contribution in [3.63, 3.8) is 0 Å². The van der Waals surface area contributed by atoms with E-state index in [0.29, 0.717) is 17.3 Å². The lowest BCUT2D eigenvalue weighted by molar-refractivity contribution is -0.116. The predicted octanol–water partition coefficient (Wildman–Crippen LogP) is 6.15. The number of aryl methyl sites for hydroxylation is 1. The van der Waals surface area contributed by atoms with Crippen LogP contribution in [-0.2, 0) is 4.79 Å². The number of fused-ring (bicyclic) bond motifs is 1. The van der Waals surface area contributed by atoms with Gasteiger partial charge in [0.15, 0.2) is 5.13 Å². The van der Waals surface area contributed by atoms with E-state index in [1.165, 1.54) is 16.9 Å². The number of rotatable bonds is 9. The lowest BCUT2D eigenvalue weighted by Gasteiger charge is -2.24. The van der Waals surface area contributed by atoms with Crippen molar-refractivity contribution >= 4 is 68.4 Å². The first-order valence-corrected chi connectivity index (χ1v) is 12.0. The Balaban J connectivity index is 0.00000320. The molecule has 0 spiro atoms. The van der Waals surface area contributed by atoms with Crippen LogP contribution in [0.15, 0.2) is 47.4 Å². The molecule has 3 rings (SSSR count). The van der Waals surface area contributed by atoms with E-state index in [9.17, 15) is 4.79 Å². The van der Waals surface area contributed by atoms with Gasteiger partial charge in [-0.15, -0.1) is 24.2 Å². The fourth-order valence-electron chi connectivity index (χ4n) is 2.98. The van der Waals surface area contributed by atoms with Gasteiger partial charge < -0.3 is 4.90 Å². The Labute approximate surface area is 198 Å². The number of halogens is 2. The van der Waals surface area contributed by atoms with E-state index in [2.05, 4.69) is 49.9 Å². The number of anilines is 1. The second kappa shape index (κ2) is 11.9. The number of aromatic nitrogens is 1. The summed E-state index contributed by atoms with van der Waals surface area (Å²) in [7, 11) is 0. The van der Waals surface area contributed by atoms with E-state index in [4.69, 9.17) is 16.6 Å². The molecular formula is C22H27Cl2N3OS2. The summed E-state index contributed by atoms with van der Waals surface area (Å²) >= 11 is 9.39. The van der Waals surface area contributed by atoms with Gasteiger partial charge in [0.25, 0.3) is 0 Å². The summed E-state index contributed by atoms with van der Waals surface area (Å²) in [5.41, 5.74) is 1.98. The summed E-state index contributed by atoms with van der Waals surface area (Å²) in [5.74, 6) is 0.447. The fourth-order valence-corrected chi connectivity index (χ4v) is 5.07. The van der Waals surface area contributed by atoms with Crippen molar-refractivity contribution in [3.05, 3.63) is 53.1 Å². The van der Waals surface area contributed by atoms with Crippen LogP contribution >= 0.6 is 47.1 Å². The summed E-state index contributed by atoms with van der Waals surface area (Å²) in [4.78, 5) is 23.1. The van der Waals surface area contributed by atoms with Gasteiger partial charge in [0.05, 0.1) is 15.5 Å². The number of nitrogens with zero attached hydrogens (tertiary/aromatic N) is 3. The van der Waals surface area contributed by atoms with E-state index < -0.39 is 0 Å². The van der Waals surface area contributed by atoms with Crippen LogP contribution in [-0.4, -0.2) is 47.7 Å². The van der Waals surface area contributed by atoms with Gasteiger partial charge in [0, 0.05) is 18.0 Å². The number of thiazole rings is 1. The molecule has 0 aliphatic heterocycles. The van der Waals surface area contributed by atoms with Gasteiger partial charge in [-0.3, -0.25) is 9.69 Å². The number of hydrogen-bond acceptors (Lipinski definition) is 5. The molecule has 0 bridgehead atoms. The SMILES string of the molecule is CCN(CC)CCN(C(=O)CSc1ccc(C)cc1)c1nc2c(Cl)cccc2s1.Cl. The van der Waals surface area contributed by atoms with E-state index >= 15 is 0 Å². The highest BCUT2D eigenvalue weighted by Crippen LogP contribution is 2.33. The second-order valence-electron chi connectivity index (χ2n) is 6.76. The fraction of sp³-hybridized carbons (Fsp3) is 0.364. The van der Waals surface area contributed by atoms with E-state index in [1.807, 2.05) is 23.1 Å². The highest BCUT2D eigenvalue weighted by molar-refractivity contribution is 8.00. The average molecular weight is 485 g/mol. The predicted molar refractivity (Wildman–Crippen MR) is 134 cm³/mol. The lowest BCUT2D eigenvalue weighted by atomic mass is 10.2. The number of likely N-dealkylation sites (N-methyl/N-ethyl adjacent to an activating group) is 1. The van der Waals surface area contributed by atoms with Crippen LogP contribution in [0.2, 0.25) is 5.02 Å². The quantitative estimate of drug-likeness (QED) is 0.342. The maximum atomic E-state index is 13.2. The van der Waals surface area contributed by atoms with E-state index in [-0.39, 0.29) is 18.3 Å². The van der Waals surface area contributed by atoms with Crippen LogP contribution in [0.25, 0.3) is 10.2 Å².